The van der Waals surface area contributed by atoms with Crippen LogP contribution in [0.5, 0.6) is 0 Å². The smallest absolute Gasteiger partial charge is 0.354 e. The van der Waals surface area contributed by atoms with Gasteiger partial charge in [-0.25, -0.2) is 4.79 Å². The number of hydrogen-bond acceptors (Lipinski definition) is 4. The molecule has 0 aromatic carbocycles. The predicted octanol–water partition coefficient (Wildman–Crippen LogP) is 1.07. The largest absolute Gasteiger partial charge is 0.464 e. The highest BCUT2D eigenvalue weighted by molar-refractivity contribution is 5.87. The van der Waals surface area contributed by atoms with Crippen molar-refractivity contribution in [1.29, 1.82) is 0 Å². The molecule has 1 aliphatic heterocycles. The molecule has 2 rings (SSSR count). The molecule has 0 spiro atoms. The lowest BCUT2D eigenvalue weighted by Crippen LogP contribution is -2.36. The molecule has 1 unspecified atom stereocenters. The minimum absolute atomic E-state index is 0.336. The number of nitrogens with one attached hydrogen (secondary N) is 2. The van der Waals surface area contributed by atoms with Crippen LogP contribution >= 0.6 is 0 Å². The fourth-order valence-corrected chi connectivity index (χ4v) is 1.93. The Hall–Kier alpha value is -1.33. The second-order valence-corrected chi connectivity index (χ2v) is 4.18. The van der Waals surface area contributed by atoms with Gasteiger partial charge in [0, 0.05) is 24.9 Å². The highest BCUT2D eigenvalue weighted by atomic mass is 16.5. The van der Waals surface area contributed by atoms with Gasteiger partial charge in [-0.3, -0.25) is 0 Å². The number of carbonyl (C=O) groups excluding carboxylic acids is 1. The van der Waals surface area contributed by atoms with Crippen molar-refractivity contribution < 1.29 is 14.3 Å². The summed E-state index contributed by atoms with van der Waals surface area (Å²) >= 11 is 0. The molecule has 2 heterocycles. The first-order valence-electron chi connectivity index (χ1n) is 5.87. The van der Waals surface area contributed by atoms with Gasteiger partial charge in [-0.15, -0.1) is 0 Å². The minimum atomic E-state index is -0.336. The first-order valence-corrected chi connectivity index (χ1v) is 5.87. The zero-order chi connectivity index (χ0) is 12.1. The van der Waals surface area contributed by atoms with Crippen LogP contribution in [0.1, 0.15) is 29.0 Å². The van der Waals surface area contributed by atoms with Crippen LogP contribution in [0.2, 0.25) is 0 Å². The summed E-state index contributed by atoms with van der Waals surface area (Å²) in [6.07, 6.45) is 2.25. The van der Waals surface area contributed by atoms with Gasteiger partial charge >= 0.3 is 5.97 Å². The van der Waals surface area contributed by atoms with Gasteiger partial charge < -0.3 is 19.8 Å². The number of rotatable bonds is 4. The van der Waals surface area contributed by atoms with E-state index in [1.807, 2.05) is 6.07 Å². The normalized spacial score (nSPS) is 20.2. The Morgan fingerprint density at radius 1 is 1.65 bits per heavy atom. The van der Waals surface area contributed by atoms with Gasteiger partial charge in [0.25, 0.3) is 0 Å². The van der Waals surface area contributed by atoms with E-state index in [4.69, 9.17) is 4.74 Å². The highest BCUT2D eigenvalue weighted by Gasteiger charge is 2.13. The number of carbonyl (C=O) groups is 1. The van der Waals surface area contributed by atoms with E-state index in [0.717, 1.165) is 31.7 Å². The van der Waals surface area contributed by atoms with Crippen molar-refractivity contribution >= 4 is 5.97 Å². The molecule has 0 radical (unpaired) electrons. The maximum absolute atomic E-state index is 11.2. The maximum atomic E-state index is 11.2. The Balaban J connectivity index is 1.82. The molecule has 0 amide bonds. The Labute approximate surface area is 100 Å². The molecule has 5 heteroatoms. The molecule has 1 saturated heterocycles. The van der Waals surface area contributed by atoms with Crippen molar-refractivity contribution in [3.05, 3.63) is 23.5 Å². The first-order chi connectivity index (χ1) is 8.29. The van der Waals surface area contributed by atoms with E-state index in [1.165, 1.54) is 7.11 Å². The van der Waals surface area contributed by atoms with Gasteiger partial charge in [0.05, 0.1) is 13.7 Å². The van der Waals surface area contributed by atoms with Crippen LogP contribution in [-0.4, -0.2) is 37.3 Å². The number of methoxy groups -OCH3 is 1. The highest BCUT2D eigenvalue weighted by Crippen LogP contribution is 2.08. The molecular formula is C12H18N2O3. The third-order valence-corrected chi connectivity index (χ3v) is 2.89. The molecule has 17 heavy (non-hydrogen) atoms. The van der Waals surface area contributed by atoms with Gasteiger partial charge in [-0.05, 0) is 25.0 Å². The molecule has 2 N–H and O–H groups in total. The summed E-state index contributed by atoms with van der Waals surface area (Å²) in [5.74, 6) is -0.336. The molecular weight excluding hydrogens is 220 g/mol. The third-order valence-electron chi connectivity index (χ3n) is 2.89. The van der Waals surface area contributed by atoms with Crippen molar-refractivity contribution in [3.63, 3.8) is 0 Å². The lowest BCUT2D eigenvalue weighted by molar-refractivity contribution is 0.0594. The average Bonchev–Trinajstić information content (AvgIpc) is 2.85. The number of hydrogen-bond donors (Lipinski definition) is 2. The summed E-state index contributed by atoms with van der Waals surface area (Å²) < 4.78 is 10.0. The van der Waals surface area contributed by atoms with Crippen molar-refractivity contribution in [3.8, 4) is 0 Å². The second kappa shape index (κ2) is 5.84. The zero-order valence-corrected chi connectivity index (χ0v) is 9.99. The summed E-state index contributed by atoms with van der Waals surface area (Å²) in [5.41, 5.74) is 1.47. The van der Waals surface area contributed by atoms with E-state index in [1.54, 1.807) is 6.07 Å². The van der Waals surface area contributed by atoms with Crippen LogP contribution < -0.4 is 5.32 Å². The predicted molar refractivity (Wildman–Crippen MR) is 62.8 cm³/mol. The number of aromatic nitrogens is 1. The third kappa shape index (κ3) is 3.31. The second-order valence-electron chi connectivity index (χ2n) is 4.18. The lowest BCUT2D eigenvalue weighted by atomic mass is 10.1. The lowest BCUT2D eigenvalue weighted by Gasteiger charge is -2.22. The summed E-state index contributed by atoms with van der Waals surface area (Å²) in [6, 6.07) is 4.04. The van der Waals surface area contributed by atoms with Crippen molar-refractivity contribution in [2.75, 3.05) is 20.3 Å². The van der Waals surface area contributed by atoms with Crippen LogP contribution in [0, 0.1) is 0 Å². The summed E-state index contributed by atoms with van der Waals surface area (Å²) in [4.78, 5) is 14.3. The standard InChI is InChI=1S/C12H18N2O3/c1-16-12(15)11-5-4-9(14-11)7-13-10-3-2-6-17-8-10/h4-5,10,13-14H,2-3,6-8H2,1H3. The van der Waals surface area contributed by atoms with Crippen LogP contribution in [0.4, 0.5) is 0 Å². The number of esters is 1. The molecule has 94 valence electrons. The maximum Gasteiger partial charge on any atom is 0.354 e. The zero-order valence-electron chi connectivity index (χ0n) is 9.99. The Bertz CT molecular complexity index is 370. The number of H-pyrrole nitrogens is 1. The number of aromatic amines is 1. The van der Waals surface area contributed by atoms with Gasteiger partial charge in [-0.1, -0.05) is 0 Å². The molecule has 1 aliphatic rings. The van der Waals surface area contributed by atoms with Crippen LogP contribution in [0.3, 0.4) is 0 Å². The summed E-state index contributed by atoms with van der Waals surface area (Å²) in [6.45, 7) is 2.35. The minimum Gasteiger partial charge on any atom is -0.464 e. The fraction of sp³-hybridized carbons (Fsp3) is 0.583. The van der Waals surface area contributed by atoms with Crippen LogP contribution in [0.25, 0.3) is 0 Å². The van der Waals surface area contributed by atoms with Crippen molar-refractivity contribution in [2.45, 2.75) is 25.4 Å². The van der Waals surface area contributed by atoms with Gasteiger partial charge in [-0.2, -0.15) is 0 Å². The van der Waals surface area contributed by atoms with Gasteiger partial charge in [0.1, 0.15) is 5.69 Å². The number of ether oxygens (including phenoxy) is 2. The van der Waals surface area contributed by atoms with Crippen LogP contribution in [0.15, 0.2) is 12.1 Å². The molecule has 0 bridgehead atoms. The van der Waals surface area contributed by atoms with Crippen LogP contribution in [-0.2, 0) is 16.0 Å². The topological polar surface area (TPSA) is 63.4 Å². The average molecular weight is 238 g/mol. The first kappa shape index (κ1) is 12.1. The molecule has 1 fully saturated rings. The van der Waals surface area contributed by atoms with E-state index in [9.17, 15) is 4.79 Å². The van der Waals surface area contributed by atoms with Gasteiger partial charge in [0.2, 0.25) is 0 Å². The molecule has 0 saturated carbocycles. The molecule has 1 aromatic rings. The fourth-order valence-electron chi connectivity index (χ4n) is 1.93. The van der Waals surface area contributed by atoms with Crippen molar-refractivity contribution in [2.24, 2.45) is 0 Å². The molecule has 5 nitrogen and oxygen atoms in total. The van der Waals surface area contributed by atoms with E-state index in [-0.39, 0.29) is 5.97 Å². The van der Waals surface area contributed by atoms with Crippen molar-refractivity contribution in [1.82, 2.24) is 10.3 Å². The monoisotopic (exact) mass is 238 g/mol. The Morgan fingerprint density at radius 2 is 2.53 bits per heavy atom. The van der Waals surface area contributed by atoms with Gasteiger partial charge in [0.15, 0.2) is 0 Å². The van der Waals surface area contributed by atoms with E-state index in [0.29, 0.717) is 18.3 Å². The summed E-state index contributed by atoms with van der Waals surface area (Å²) in [5, 5.41) is 3.40. The molecule has 1 atom stereocenters. The van der Waals surface area contributed by atoms with E-state index in [2.05, 4.69) is 15.0 Å². The van der Waals surface area contributed by atoms with E-state index >= 15 is 0 Å². The Kier molecular flexibility index (Phi) is 4.17. The van der Waals surface area contributed by atoms with E-state index < -0.39 is 0 Å². The summed E-state index contributed by atoms with van der Waals surface area (Å²) in [7, 11) is 1.38. The molecule has 0 aliphatic carbocycles. The SMILES string of the molecule is COC(=O)c1ccc(CNC2CCCOC2)[nH]1. The quantitative estimate of drug-likeness (QED) is 0.770. The Morgan fingerprint density at radius 3 is 3.24 bits per heavy atom. The molecule has 1 aromatic heterocycles.